The summed E-state index contributed by atoms with van der Waals surface area (Å²) in [5, 5.41) is 3.38. The Morgan fingerprint density at radius 1 is 1.62 bits per heavy atom. The van der Waals surface area contributed by atoms with Crippen molar-refractivity contribution in [2.75, 3.05) is 40.0 Å². The van der Waals surface area contributed by atoms with Gasteiger partial charge in [0.05, 0.1) is 6.61 Å². The van der Waals surface area contributed by atoms with Crippen LogP contribution < -0.4 is 5.32 Å². The summed E-state index contributed by atoms with van der Waals surface area (Å²) in [4.78, 5) is 0. The van der Waals surface area contributed by atoms with Crippen molar-refractivity contribution in [3.8, 4) is 0 Å². The minimum Gasteiger partial charge on any atom is -0.383 e. The molecule has 78 valence electrons. The molecule has 1 fully saturated rings. The Labute approximate surface area is 80.8 Å². The van der Waals surface area contributed by atoms with Crippen molar-refractivity contribution in [3.63, 3.8) is 0 Å². The maximum Gasteiger partial charge on any atom is 0.0587 e. The van der Waals surface area contributed by atoms with E-state index >= 15 is 0 Å². The van der Waals surface area contributed by atoms with E-state index in [1.165, 1.54) is 6.42 Å². The van der Waals surface area contributed by atoms with Crippen molar-refractivity contribution in [1.82, 2.24) is 5.32 Å². The third-order valence-electron chi connectivity index (χ3n) is 2.72. The zero-order valence-electron chi connectivity index (χ0n) is 8.71. The normalized spacial score (nSPS) is 24.9. The monoisotopic (exact) mass is 187 g/mol. The van der Waals surface area contributed by atoms with E-state index in [9.17, 15) is 0 Å². The van der Waals surface area contributed by atoms with Gasteiger partial charge in [0.25, 0.3) is 0 Å². The molecule has 1 N–H and O–H groups in total. The highest BCUT2D eigenvalue weighted by Crippen LogP contribution is 2.20. The van der Waals surface area contributed by atoms with E-state index in [0.717, 1.165) is 44.7 Å². The molecule has 1 aliphatic heterocycles. The topological polar surface area (TPSA) is 30.5 Å². The summed E-state index contributed by atoms with van der Waals surface area (Å²) in [5.74, 6) is 1.48. The van der Waals surface area contributed by atoms with Crippen LogP contribution >= 0.6 is 0 Å². The SMILES string of the molecule is COCCNCC(C)C1CCOC1. The molecule has 13 heavy (non-hydrogen) atoms. The second kappa shape index (κ2) is 6.35. The first-order valence-electron chi connectivity index (χ1n) is 5.12. The highest BCUT2D eigenvalue weighted by molar-refractivity contribution is 4.71. The van der Waals surface area contributed by atoms with Crippen LogP contribution in [0.4, 0.5) is 0 Å². The van der Waals surface area contributed by atoms with Gasteiger partial charge < -0.3 is 14.8 Å². The third-order valence-corrected chi connectivity index (χ3v) is 2.72. The summed E-state index contributed by atoms with van der Waals surface area (Å²) in [7, 11) is 1.73. The Kier molecular flexibility index (Phi) is 5.35. The van der Waals surface area contributed by atoms with Crippen LogP contribution in [0.25, 0.3) is 0 Å². The van der Waals surface area contributed by atoms with Crippen LogP contribution in [-0.2, 0) is 9.47 Å². The Hall–Kier alpha value is -0.120. The Bertz CT molecular complexity index is 124. The van der Waals surface area contributed by atoms with Crippen molar-refractivity contribution in [3.05, 3.63) is 0 Å². The molecule has 2 atom stereocenters. The Morgan fingerprint density at radius 2 is 2.46 bits per heavy atom. The number of hydrogen-bond donors (Lipinski definition) is 1. The second-order valence-corrected chi connectivity index (χ2v) is 3.80. The van der Waals surface area contributed by atoms with Gasteiger partial charge in [0.1, 0.15) is 0 Å². The van der Waals surface area contributed by atoms with Gasteiger partial charge in [-0.15, -0.1) is 0 Å². The molecular weight excluding hydrogens is 166 g/mol. The molecule has 0 aromatic rings. The third kappa shape index (κ3) is 4.07. The molecule has 1 rings (SSSR count). The van der Waals surface area contributed by atoms with Gasteiger partial charge in [0, 0.05) is 26.9 Å². The lowest BCUT2D eigenvalue weighted by Gasteiger charge is -2.17. The summed E-state index contributed by atoms with van der Waals surface area (Å²) < 4.78 is 10.3. The smallest absolute Gasteiger partial charge is 0.0587 e. The molecular formula is C10H21NO2. The first kappa shape index (κ1) is 11.0. The summed E-state index contributed by atoms with van der Waals surface area (Å²) in [6.07, 6.45) is 1.23. The molecule has 0 bridgehead atoms. The average molecular weight is 187 g/mol. The molecule has 0 aromatic heterocycles. The molecule has 0 aromatic carbocycles. The fourth-order valence-electron chi connectivity index (χ4n) is 1.67. The van der Waals surface area contributed by atoms with Gasteiger partial charge in [-0.25, -0.2) is 0 Å². The molecule has 0 saturated carbocycles. The van der Waals surface area contributed by atoms with E-state index in [-0.39, 0.29) is 0 Å². The molecule has 3 heteroatoms. The van der Waals surface area contributed by atoms with Gasteiger partial charge in [-0.3, -0.25) is 0 Å². The highest BCUT2D eigenvalue weighted by atomic mass is 16.5. The van der Waals surface area contributed by atoms with Gasteiger partial charge in [0.15, 0.2) is 0 Å². The summed E-state index contributed by atoms with van der Waals surface area (Å²) in [6.45, 7) is 7.03. The van der Waals surface area contributed by atoms with Crippen LogP contribution in [0.15, 0.2) is 0 Å². The highest BCUT2D eigenvalue weighted by Gasteiger charge is 2.21. The fraction of sp³-hybridized carbons (Fsp3) is 1.00. The van der Waals surface area contributed by atoms with E-state index in [1.807, 2.05) is 0 Å². The van der Waals surface area contributed by atoms with E-state index in [4.69, 9.17) is 9.47 Å². The molecule has 2 unspecified atom stereocenters. The predicted octanol–water partition coefficient (Wildman–Crippen LogP) is 0.895. The zero-order chi connectivity index (χ0) is 9.52. The van der Waals surface area contributed by atoms with E-state index in [0.29, 0.717) is 0 Å². The Balaban J connectivity index is 1.99. The lowest BCUT2D eigenvalue weighted by molar-refractivity contribution is 0.171. The van der Waals surface area contributed by atoms with Crippen molar-refractivity contribution in [2.45, 2.75) is 13.3 Å². The molecule has 0 spiro atoms. The van der Waals surface area contributed by atoms with Crippen LogP contribution in [-0.4, -0.2) is 40.0 Å². The Morgan fingerprint density at radius 3 is 3.08 bits per heavy atom. The van der Waals surface area contributed by atoms with Crippen LogP contribution in [0.2, 0.25) is 0 Å². The molecule has 3 nitrogen and oxygen atoms in total. The maximum absolute atomic E-state index is 5.35. The summed E-state index contributed by atoms with van der Waals surface area (Å²) in [6, 6.07) is 0. The van der Waals surface area contributed by atoms with Crippen molar-refractivity contribution in [2.24, 2.45) is 11.8 Å². The number of rotatable bonds is 6. The van der Waals surface area contributed by atoms with E-state index in [2.05, 4.69) is 12.2 Å². The first-order valence-corrected chi connectivity index (χ1v) is 5.12. The van der Waals surface area contributed by atoms with Gasteiger partial charge in [-0.05, 0) is 24.8 Å². The van der Waals surface area contributed by atoms with Gasteiger partial charge in [0.2, 0.25) is 0 Å². The van der Waals surface area contributed by atoms with Gasteiger partial charge in [-0.1, -0.05) is 6.92 Å². The number of ether oxygens (including phenoxy) is 2. The minimum atomic E-state index is 0.722. The van der Waals surface area contributed by atoms with Crippen LogP contribution in [0.5, 0.6) is 0 Å². The quantitative estimate of drug-likeness (QED) is 0.627. The first-order chi connectivity index (χ1) is 6.34. The molecule has 0 amide bonds. The largest absolute Gasteiger partial charge is 0.383 e. The number of hydrogen-bond acceptors (Lipinski definition) is 3. The average Bonchev–Trinajstić information content (AvgIpc) is 2.65. The van der Waals surface area contributed by atoms with Crippen LogP contribution in [0.3, 0.4) is 0 Å². The second-order valence-electron chi connectivity index (χ2n) is 3.80. The minimum absolute atomic E-state index is 0.722. The zero-order valence-corrected chi connectivity index (χ0v) is 8.71. The van der Waals surface area contributed by atoms with Crippen LogP contribution in [0.1, 0.15) is 13.3 Å². The van der Waals surface area contributed by atoms with Crippen molar-refractivity contribution >= 4 is 0 Å². The predicted molar refractivity (Wildman–Crippen MR) is 52.8 cm³/mol. The van der Waals surface area contributed by atoms with Crippen molar-refractivity contribution in [1.29, 1.82) is 0 Å². The molecule has 1 aliphatic rings. The molecule has 1 heterocycles. The molecule has 1 saturated heterocycles. The fourth-order valence-corrected chi connectivity index (χ4v) is 1.67. The lowest BCUT2D eigenvalue weighted by atomic mass is 9.93. The van der Waals surface area contributed by atoms with Gasteiger partial charge >= 0.3 is 0 Å². The number of nitrogens with one attached hydrogen (secondary N) is 1. The summed E-state index contributed by atoms with van der Waals surface area (Å²) in [5.41, 5.74) is 0. The van der Waals surface area contributed by atoms with Crippen molar-refractivity contribution < 1.29 is 9.47 Å². The summed E-state index contributed by atoms with van der Waals surface area (Å²) >= 11 is 0. The molecule has 0 aliphatic carbocycles. The van der Waals surface area contributed by atoms with E-state index in [1.54, 1.807) is 7.11 Å². The molecule has 0 radical (unpaired) electrons. The van der Waals surface area contributed by atoms with Crippen LogP contribution in [0, 0.1) is 11.8 Å². The number of methoxy groups -OCH3 is 1. The lowest BCUT2D eigenvalue weighted by Crippen LogP contribution is -2.28. The van der Waals surface area contributed by atoms with E-state index < -0.39 is 0 Å². The standard InChI is InChI=1S/C10H21NO2/c1-9(7-11-4-6-12-2)10-3-5-13-8-10/h9-11H,3-8H2,1-2H3. The maximum atomic E-state index is 5.35. The van der Waals surface area contributed by atoms with Gasteiger partial charge in [-0.2, -0.15) is 0 Å².